The molecule has 0 aromatic rings. The van der Waals surface area contributed by atoms with Crippen molar-refractivity contribution in [2.45, 2.75) is 32.6 Å². The molecule has 0 aliphatic carbocycles. The molecule has 0 aromatic carbocycles. The molecule has 0 aromatic heterocycles. The molecule has 0 radical (unpaired) electrons. The van der Waals surface area contributed by atoms with Crippen LogP contribution in [0.1, 0.15) is 32.6 Å². The van der Waals surface area contributed by atoms with Crippen LogP contribution in [0.2, 0.25) is 0 Å². The van der Waals surface area contributed by atoms with Gasteiger partial charge in [0, 0.05) is 0 Å². The van der Waals surface area contributed by atoms with Crippen molar-refractivity contribution < 1.29 is 17.2 Å². The van der Waals surface area contributed by atoms with Crippen LogP contribution in [-0.4, -0.2) is 19.6 Å². The van der Waals surface area contributed by atoms with Crippen LogP contribution in [0.25, 0.3) is 0 Å². The topological polar surface area (TPSA) is 63.6 Å². The van der Waals surface area contributed by atoms with Gasteiger partial charge in [0.15, 0.2) is 0 Å². The molecule has 5 heteroatoms. The summed E-state index contributed by atoms with van der Waals surface area (Å²) in [6, 6.07) is 0. The van der Waals surface area contributed by atoms with E-state index in [0.29, 0.717) is 6.42 Å². The highest BCUT2D eigenvalue weighted by Crippen LogP contribution is 1.97. The first-order chi connectivity index (χ1) is 7.06. The molecule has 0 rings (SSSR count). The van der Waals surface area contributed by atoms with E-state index >= 15 is 0 Å². The minimum Gasteiger partial charge on any atom is -0.264 e. The average molecular weight is 234 g/mol. The Hall–Kier alpha value is -0.650. The van der Waals surface area contributed by atoms with E-state index in [9.17, 15) is 8.42 Å². The summed E-state index contributed by atoms with van der Waals surface area (Å²) in [6.45, 7) is 2.10. The smallest absolute Gasteiger partial charge is 0.264 e. The number of hydrogen-bond donors (Lipinski definition) is 1. The number of rotatable bonds is 8. The second kappa shape index (κ2) is 8.64. The number of allylic oxidation sites excluding steroid dienone is 4. The van der Waals surface area contributed by atoms with E-state index in [4.69, 9.17) is 4.55 Å². The van der Waals surface area contributed by atoms with E-state index in [2.05, 4.69) is 23.3 Å². The summed E-state index contributed by atoms with van der Waals surface area (Å²) in [5.41, 5.74) is 0. The molecule has 0 unspecified atom stereocenters. The van der Waals surface area contributed by atoms with Crippen molar-refractivity contribution in [2.24, 2.45) is 0 Å². The molecule has 0 heterocycles. The largest absolute Gasteiger partial charge is 0.397 e. The molecule has 0 aliphatic heterocycles. The van der Waals surface area contributed by atoms with Crippen LogP contribution in [0.4, 0.5) is 0 Å². The third kappa shape index (κ3) is 13.3. The zero-order valence-corrected chi connectivity index (χ0v) is 9.74. The lowest BCUT2D eigenvalue weighted by Gasteiger charge is -1.96. The fourth-order valence-corrected chi connectivity index (χ4v) is 1.25. The summed E-state index contributed by atoms with van der Waals surface area (Å²) >= 11 is 0. The zero-order chi connectivity index (χ0) is 11.6. The molecule has 0 atom stereocenters. The number of unbranched alkanes of at least 4 members (excludes halogenated alkanes) is 1. The molecule has 0 fully saturated rings. The Morgan fingerprint density at radius 1 is 1.20 bits per heavy atom. The Morgan fingerprint density at radius 3 is 2.47 bits per heavy atom. The highest BCUT2D eigenvalue weighted by molar-refractivity contribution is 7.80. The maximum Gasteiger partial charge on any atom is 0.397 e. The lowest BCUT2D eigenvalue weighted by atomic mass is 10.2. The van der Waals surface area contributed by atoms with Gasteiger partial charge >= 0.3 is 10.4 Å². The van der Waals surface area contributed by atoms with Gasteiger partial charge in [0.1, 0.15) is 0 Å². The molecule has 0 spiro atoms. The van der Waals surface area contributed by atoms with E-state index in [0.717, 1.165) is 19.3 Å². The molecule has 0 saturated heterocycles. The normalized spacial score (nSPS) is 12.9. The summed E-state index contributed by atoms with van der Waals surface area (Å²) in [6.07, 6.45) is 11.4. The minimum atomic E-state index is -4.26. The first-order valence-corrected chi connectivity index (χ1v) is 6.34. The van der Waals surface area contributed by atoms with E-state index < -0.39 is 10.4 Å². The average Bonchev–Trinajstić information content (AvgIpc) is 2.14. The third-order valence-corrected chi connectivity index (χ3v) is 2.05. The molecule has 0 amide bonds. The van der Waals surface area contributed by atoms with Gasteiger partial charge in [0.2, 0.25) is 0 Å². The van der Waals surface area contributed by atoms with Crippen LogP contribution in [0, 0.1) is 0 Å². The molecule has 1 N–H and O–H groups in total. The Kier molecular flexibility index (Phi) is 8.27. The summed E-state index contributed by atoms with van der Waals surface area (Å²) < 4.78 is 32.7. The summed E-state index contributed by atoms with van der Waals surface area (Å²) in [5.74, 6) is 0. The maximum absolute atomic E-state index is 10.1. The molecule has 0 aliphatic rings. The minimum absolute atomic E-state index is 0.0218. The SMILES string of the molecule is CCC=CCC=CCCCOS(=O)(=O)O. The van der Waals surface area contributed by atoms with Crippen LogP contribution < -0.4 is 0 Å². The zero-order valence-electron chi connectivity index (χ0n) is 8.93. The first kappa shape index (κ1) is 14.3. The van der Waals surface area contributed by atoms with Crippen molar-refractivity contribution in [1.29, 1.82) is 0 Å². The Labute approximate surface area is 91.6 Å². The third-order valence-electron chi connectivity index (χ3n) is 1.59. The quantitative estimate of drug-likeness (QED) is 0.398. The summed E-state index contributed by atoms with van der Waals surface area (Å²) in [4.78, 5) is 0. The molecule has 4 nitrogen and oxygen atoms in total. The van der Waals surface area contributed by atoms with E-state index in [1.165, 1.54) is 0 Å². The Balaban J connectivity index is 3.35. The monoisotopic (exact) mass is 234 g/mol. The van der Waals surface area contributed by atoms with Crippen molar-refractivity contribution in [3.63, 3.8) is 0 Å². The van der Waals surface area contributed by atoms with Gasteiger partial charge in [-0.2, -0.15) is 8.42 Å². The fourth-order valence-electron chi connectivity index (χ4n) is 0.921. The van der Waals surface area contributed by atoms with Crippen LogP contribution >= 0.6 is 0 Å². The van der Waals surface area contributed by atoms with Crippen molar-refractivity contribution in [3.05, 3.63) is 24.3 Å². The molecular weight excluding hydrogens is 216 g/mol. The second-order valence-corrected chi connectivity index (χ2v) is 4.07. The first-order valence-electron chi connectivity index (χ1n) is 4.98. The van der Waals surface area contributed by atoms with Gasteiger partial charge in [-0.3, -0.25) is 4.55 Å². The second-order valence-electron chi connectivity index (χ2n) is 2.98. The standard InChI is InChI=1S/C10H18O4S/c1-2-3-4-5-6-7-8-9-10-14-15(11,12)13/h3-4,6-7H,2,5,8-10H2,1H3,(H,11,12,13). The number of hydrogen-bond acceptors (Lipinski definition) is 3. The van der Waals surface area contributed by atoms with Crippen LogP contribution in [0.5, 0.6) is 0 Å². The maximum atomic E-state index is 10.1. The van der Waals surface area contributed by atoms with Crippen LogP contribution in [0.15, 0.2) is 24.3 Å². The van der Waals surface area contributed by atoms with Crippen LogP contribution in [0.3, 0.4) is 0 Å². The van der Waals surface area contributed by atoms with E-state index in [1.54, 1.807) is 0 Å². The fraction of sp³-hybridized carbons (Fsp3) is 0.600. The van der Waals surface area contributed by atoms with Gasteiger partial charge in [0.25, 0.3) is 0 Å². The van der Waals surface area contributed by atoms with Gasteiger partial charge < -0.3 is 0 Å². The molecule has 15 heavy (non-hydrogen) atoms. The van der Waals surface area contributed by atoms with Gasteiger partial charge in [-0.15, -0.1) is 0 Å². The lowest BCUT2D eigenvalue weighted by Crippen LogP contribution is -2.04. The van der Waals surface area contributed by atoms with Crippen molar-refractivity contribution in [1.82, 2.24) is 0 Å². The van der Waals surface area contributed by atoms with Gasteiger partial charge in [-0.05, 0) is 25.7 Å². The highest BCUT2D eigenvalue weighted by atomic mass is 32.3. The van der Waals surface area contributed by atoms with E-state index in [1.807, 2.05) is 12.2 Å². The lowest BCUT2D eigenvalue weighted by molar-refractivity contribution is 0.265. The predicted molar refractivity (Wildman–Crippen MR) is 59.9 cm³/mol. The van der Waals surface area contributed by atoms with E-state index in [-0.39, 0.29) is 6.61 Å². The predicted octanol–water partition coefficient (Wildman–Crippen LogP) is 2.50. The van der Waals surface area contributed by atoms with Crippen molar-refractivity contribution in [3.8, 4) is 0 Å². The molecule has 88 valence electrons. The Bertz CT molecular complexity index is 291. The van der Waals surface area contributed by atoms with Crippen molar-refractivity contribution in [2.75, 3.05) is 6.61 Å². The molecule has 0 bridgehead atoms. The van der Waals surface area contributed by atoms with Gasteiger partial charge in [0.05, 0.1) is 6.61 Å². The summed E-state index contributed by atoms with van der Waals surface area (Å²) in [5, 5.41) is 0. The van der Waals surface area contributed by atoms with Crippen LogP contribution in [-0.2, 0) is 14.6 Å². The Morgan fingerprint density at radius 2 is 1.87 bits per heavy atom. The van der Waals surface area contributed by atoms with Gasteiger partial charge in [-0.1, -0.05) is 31.2 Å². The highest BCUT2D eigenvalue weighted by Gasteiger charge is 2.01. The van der Waals surface area contributed by atoms with Gasteiger partial charge in [-0.25, -0.2) is 4.18 Å². The molecular formula is C10H18O4S. The summed E-state index contributed by atoms with van der Waals surface area (Å²) in [7, 11) is -4.26. The molecule has 0 saturated carbocycles. The van der Waals surface area contributed by atoms with Crippen molar-refractivity contribution >= 4 is 10.4 Å².